The number of aliphatic hydroxyl groups is 1. The molecule has 1 N–H and O–H groups in total. The molecule has 1 saturated heterocycles. The Hall–Kier alpha value is -1.43. The van der Waals surface area contributed by atoms with Crippen molar-refractivity contribution >= 4 is 5.97 Å². The number of hydrogen-bond donors (Lipinski definition) is 1. The summed E-state index contributed by atoms with van der Waals surface area (Å²) in [7, 11) is 1.33. The summed E-state index contributed by atoms with van der Waals surface area (Å²) in [6.45, 7) is 3.13. The number of hydroxylamine groups is 2. The molecule has 1 aromatic rings. The molecule has 1 aliphatic heterocycles. The van der Waals surface area contributed by atoms with E-state index in [0.29, 0.717) is 25.9 Å². The van der Waals surface area contributed by atoms with Crippen molar-refractivity contribution in [2.24, 2.45) is 0 Å². The Bertz CT molecular complexity index is 465. The molecule has 1 aromatic carbocycles. The molecule has 1 fully saturated rings. The Morgan fingerprint density at radius 3 is 2.81 bits per heavy atom. The highest BCUT2D eigenvalue weighted by Crippen LogP contribution is 2.33. The first-order chi connectivity index (χ1) is 10.1. The largest absolute Gasteiger partial charge is 0.467 e. The van der Waals surface area contributed by atoms with Gasteiger partial charge in [-0.1, -0.05) is 43.7 Å². The molecule has 0 unspecified atom stereocenters. The van der Waals surface area contributed by atoms with Gasteiger partial charge in [-0.3, -0.25) is 4.84 Å². The summed E-state index contributed by atoms with van der Waals surface area (Å²) < 4.78 is 4.85. The summed E-state index contributed by atoms with van der Waals surface area (Å²) in [5, 5.41) is 12.1. The smallest absolute Gasteiger partial charge is 0.343 e. The first-order valence-corrected chi connectivity index (χ1v) is 7.37. The minimum absolute atomic E-state index is 0.438. The van der Waals surface area contributed by atoms with E-state index in [2.05, 4.69) is 0 Å². The number of aliphatic hydroxyl groups excluding tert-OH is 1. The molecule has 1 heterocycles. The van der Waals surface area contributed by atoms with E-state index in [0.717, 1.165) is 12.0 Å². The van der Waals surface area contributed by atoms with Gasteiger partial charge < -0.3 is 9.84 Å². The van der Waals surface area contributed by atoms with Gasteiger partial charge in [0.1, 0.15) is 0 Å². The average Bonchev–Trinajstić information content (AvgIpc) is 2.93. The van der Waals surface area contributed by atoms with E-state index in [1.165, 1.54) is 7.11 Å². The Morgan fingerprint density at radius 2 is 2.19 bits per heavy atom. The van der Waals surface area contributed by atoms with Crippen LogP contribution in [0, 0.1) is 0 Å². The molecule has 2 rings (SSSR count). The fourth-order valence-corrected chi connectivity index (χ4v) is 2.69. The molecule has 116 valence electrons. The number of carbonyl (C=O) groups is 1. The molecule has 5 nitrogen and oxygen atoms in total. The third-order valence-electron chi connectivity index (χ3n) is 3.86. The molecule has 0 spiro atoms. The Balaban J connectivity index is 2.09. The van der Waals surface area contributed by atoms with E-state index in [-0.39, 0.29) is 0 Å². The minimum atomic E-state index is -1.26. The minimum Gasteiger partial charge on any atom is -0.467 e. The molecule has 21 heavy (non-hydrogen) atoms. The zero-order chi connectivity index (χ0) is 15.3. The van der Waals surface area contributed by atoms with Gasteiger partial charge in [0.15, 0.2) is 0 Å². The standard InChI is InChI=1S/C16H23NO4/c1-3-7-14(18)16(15(19)20-2)10-11-17(21-16)12-13-8-5-4-6-9-13/h4-6,8-9,14,18H,3,7,10-12H2,1-2H3/t14-,16-/m1/s1. The maximum absolute atomic E-state index is 12.1. The maximum atomic E-state index is 12.1. The van der Waals surface area contributed by atoms with E-state index in [1.807, 2.05) is 37.3 Å². The summed E-state index contributed by atoms with van der Waals surface area (Å²) >= 11 is 0. The molecule has 2 atom stereocenters. The Kier molecular flexibility index (Phi) is 5.33. The zero-order valence-corrected chi connectivity index (χ0v) is 12.6. The molecule has 0 aliphatic carbocycles. The normalized spacial score (nSPS) is 24.0. The third-order valence-corrected chi connectivity index (χ3v) is 3.86. The Morgan fingerprint density at radius 1 is 1.48 bits per heavy atom. The van der Waals surface area contributed by atoms with Crippen LogP contribution in [0.4, 0.5) is 0 Å². The number of nitrogens with zero attached hydrogens (tertiary/aromatic N) is 1. The van der Waals surface area contributed by atoms with Crippen molar-refractivity contribution in [3.05, 3.63) is 35.9 Å². The van der Waals surface area contributed by atoms with Crippen LogP contribution in [0.3, 0.4) is 0 Å². The van der Waals surface area contributed by atoms with Gasteiger partial charge in [-0.2, -0.15) is 5.06 Å². The van der Waals surface area contributed by atoms with Gasteiger partial charge in [0.25, 0.3) is 0 Å². The van der Waals surface area contributed by atoms with E-state index >= 15 is 0 Å². The van der Waals surface area contributed by atoms with Gasteiger partial charge in [-0.15, -0.1) is 0 Å². The summed E-state index contributed by atoms with van der Waals surface area (Å²) in [5.41, 5.74) is -0.164. The number of esters is 1. The highest BCUT2D eigenvalue weighted by atomic mass is 16.7. The van der Waals surface area contributed by atoms with Crippen molar-refractivity contribution in [2.75, 3.05) is 13.7 Å². The van der Waals surface area contributed by atoms with Crippen LogP contribution < -0.4 is 0 Å². The monoisotopic (exact) mass is 293 g/mol. The number of benzene rings is 1. The number of carbonyl (C=O) groups excluding carboxylic acids is 1. The lowest BCUT2D eigenvalue weighted by atomic mass is 9.90. The van der Waals surface area contributed by atoms with Crippen molar-refractivity contribution in [2.45, 2.75) is 44.4 Å². The number of methoxy groups -OCH3 is 1. The van der Waals surface area contributed by atoms with Gasteiger partial charge in [0, 0.05) is 19.5 Å². The first-order valence-electron chi connectivity index (χ1n) is 7.37. The van der Waals surface area contributed by atoms with Crippen LogP contribution in [0.15, 0.2) is 30.3 Å². The van der Waals surface area contributed by atoms with Crippen LogP contribution in [-0.4, -0.2) is 41.5 Å². The average molecular weight is 293 g/mol. The topological polar surface area (TPSA) is 59.0 Å². The summed E-state index contributed by atoms with van der Waals surface area (Å²) in [4.78, 5) is 17.9. The van der Waals surface area contributed by atoms with Crippen molar-refractivity contribution < 1.29 is 19.5 Å². The molecule has 0 saturated carbocycles. The van der Waals surface area contributed by atoms with Crippen LogP contribution in [0.2, 0.25) is 0 Å². The first kappa shape index (κ1) is 15.9. The molecule has 0 amide bonds. The molecular formula is C16H23NO4. The SMILES string of the molecule is CCC[C@@H](O)[C@@]1(C(=O)OC)CCN(Cc2ccccc2)O1. The van der Waals surface area contributed by atoms with E-state index in [4.69, 9.17) is 9.57 Å². The van der Waals surface area contributed by atoms with E-state index in [1.54, 1.807) is 5.06 Å². The molecular weight excluding hydrogens is 270 g/mol. The summed E-state index contributed by atoms with van der Waals surface area (Å²) in [6, 6.07) is 9.89. The molecule has 5 heteroatoms. The van der Waals surface area contributed by atoms with Crippen LogP contribution in [0.5, 0.6) is 0 Å². The second-order valence-electron chi connectivity index (χ2n) is 5.38. The van der Waals surface area contributed by atoms with Crippen LogP contribution in [-0.2, 0) is 20.9 Å². The van der Waals surface area contributed by atoms with Gasteiger partial charge in [-0.05, 0) is 12.0 Å². The van der Waals surface area contributed by atoms with Crippen LogP contribution >= 0.6 is 0 Å². The second-order valence-corrected chi connectivity index (χ2v) is 5.38. The maximum Gasteiger partial charge on any atom is 0.343 e. The molecule has 0 aromatic heterocycles. The lowest BCUT2D eigenvalue weighted by molar-refractivity contribution is -0.239. The quantitative estimate of drug-likeness (QED) is 0.812. The highest BCUT2D eigenvalue weighted by molar-refractivity contribution is 5.80. The zero-order valence-electron chi connectivity index (χ0n) is 12.6. The van der Waals surface area contributed by atoms with Gasteiger partial charge in [-0.25, -0.2) is 4.79 Å². The number of rotatable bonds is 6. The van der Waals surface area contributed by atoms with Gasteiger partial charge >= 0.3 is 5.97 Å². The van der Waals surface area contributed by atoms with Gasteiger partial charge in [0.05, 0.1) is 13.2 Å². The van der Waals surface area contributed by atoms with Crippen molar-refractivity contribution in [1.82, 2.24) is 5.06 Å². The molecule has 0 radical (unpaired) electrons. The van der Waals surface area contributed by atoms with E-state index < -0.39 is 17.7 Å². The lowest BCUT2D eigenvalue weighted by Gasteiger charge is -2.30. The van der Waals surface area contributed by atoms with Gasteiger partial charge in [0.2, 0.25) is 5.60 Å². The fraction of sp³-hybridized carbons (Fsp3) is 0.562. The van der Waals surface area contributed by atoms with Crippen molar-refractivity contribution in [3.8, 4) is 0 Å². The predicted molar refractivity (Wildman–Crippen MR) is 78.2 cm³/mol. The molecule has 0 bridgehead atoms. The highest BCUT2D eigenvalue weighted by Gasteiger charge is 2.52. The third kappa shape index (κ3) is 3.43. The number of hydrogen-bond acceptors (Lipinski definition) is 5. The van der Waals surface area contributed by atoms with Crippen LogP contribution in [0.1, 0.15) is 31.7 Å². The lowest BCUT2D eigenvalue weighted by Crippen LogP contribution is -2.50. The fourth-order valence-electron chi connectivity index (χ4n) is 2.69. The van der Waals surface area contributed by atoms with Crippen LogP contribution in [0.25, 0.3) is 0 Å². The van der Waals surface area contributed by atoms with Crippen molar-refractivity contribution in [1.29, 1.82) is 0 Å². The predicted octanol–water partition coefficient (Wildman–Crippen LogP) is 1.90. The second kappa shape index (κ2) is 7.02. The Labute approximate surface area is 125 Å². The summed E-state index contributed by atoms with van der Waals surface area (Å²) in [6.07, 6.45) is 0.875. The summed E-state index contributed by atoms with van der Waals surface area (Å²) in [5.74, 6) is -0.501. The number of ether oxygens (including phenoxy) is 1. The molecule has 1 aliphatic rings. The van der Waals surface area contributed by atoms with E-state index in [9.17, 15) is 9.90 Å². The van der Waals surface area contributed by atoms with Crippen molar-refractivity contribution in [3.63, 3.8) is 0 Å².